The van der Waals surface area contributed by atoms with Gasteiger partial charge in [0.05, 0.1) is 0 Å². The van der Waals surface area contributed by atoms with Crippen LogP contribution >= 0.6 is 15.9 Å². The molecule has 0 spiro atoms. The summed E-state index contributed by atoms with van der Waals surface area (Å²) >= 11 is 3.66. The Morgan fingerprint density at radius 2 is 2.30 bits per heavy atom. The van der Waals surface area contributed by atoms with E-state index in [-0.39, 0.29) is 0 Å². The molecule has 1 aliphatic heterocycles. The summed E-state index contributed by atoms with van der Waals surface area (Å²) in [6.45, 7) is 7.04. The molecule has 0 aromatic carbocycles. The van der Waals surface area contributed by atoms with Gasteiger partial charge >= 0.3 is 0 Å². The summed E-state index contributed by atoms with van der Waals surface area (Å²) in [5, 5.41) is 0. The molecule has 0 bridgehead atoms. The Morgan fingerprint density at radius 1 is 1.60 bits per heavy atom. The lowest BCUT2D eigenvalue weighted by Crippen LogP contribution is -2.40. The molecule has 1 aliphatic rings. The van der Waals surface area contributed by atoms with Crippen molar-refractivity contribution in [2.75, 3.05) is 13.1 Å². The molecular formula is C8H16BrN. The Labute approximate surface area is 71.9 Å². The predicted molar refractivity (Wildman–Crippen MR) is 48.7 cm³/mol. The number of likely N-dealkylation sites (tertiary alicyclic amines) is 1. The van der Waals surface area contributed by atoms with Crippen molar-refractivity contribution in [2.24, 2.45) is 0 Å². The molecule has 0 saturated carbocycles. The van der Waals surface area contributed by atoms with E-state index < -0.39 is 0 Å². The van der Waals surface area contributed by atoms with Crippen molar-refractivity contribution in [2.45, 2.75) is 37.6 Å². The molecule has 1 nitrogen and oxygen atoms in total. The summed E-state index contributed by atoms with van der Waals surface area (Å²) in [6.07, 6.45) is 2.63. The summed E-state index contributed by atoms with van der Waals surface area (Å²) in [5.41, 5.74) is 0. The van der Waals surface area contributed by atoms with Crippen LogP contribution in [-0.4, -0.2) is 28.9 Å². The van der Waals surface area contributed by atoms with Gasteiger partial charge in [-0.15, -0.1) is 0 Å². The van der Waals surface area contributed by atoms with Crippen LogP contribution in [0.2, 0.25) is 0 Å². The molecule has 2 unspecified atom stereocenters. The smallest absolute Gasteiger partial charge is 0.0172 e. The minimum atomic E-state index is 0.769. The second kappa shape index (κ2) is 3.72. The number of hydrogen-bond acceptors (Lipinski definition) is 1. The van der Waals surface area contributed by atoms with Gasteiger partial charge in [-0.2, -0.15) is 0 Å². The van der Waals surface area contributed by atoms with E-state index in [9.17, 15) is 0 Å². The number of hydrogen-bond donors (Lipinski definition) is 0. The Balaban J connectivity index is 2.36. The number of alkyl halides is 1. The van der Waals surface area contributed by atoms with Crippen LogP contribution in [0.3, 0.4) is 0 Å². The van der Waals surface area contributed by atoms with Gasteiger partial charge in [-0.25, -0.2) is 0 Å². The normalized spacial score (nSPS) is 36.3. The summed E-state index contributed by atoms with van der Waals surface area (Å²) in [4.78, 5) is 3.31. The average Bonchev–Trinajstić information content (AvgIpc) is 1.88. The van der Waals surface area contributed by atoms with Gasteiger partial charge in [0.15, 0.2) is 0 Å². The maximum Gasteiger partial charge on any atom is 0.0172 e. The summed E-state index contributed by atoms with van der Waals surface area (Å²) < 4.78 is 0. The fraction of sp³-hybridized carbons (Fsp3) is 1.00. The van der Waals surface area contributed by atoms with Gasteiger partial charge in [-0.3, -0.25) is 0 Å². The first-order chi connectivity index (χ1) is 4.74. The first-order valence-electron chi connectivity index (χ1n) is 4.12. The zero-order valence-corrected chi connectivity index (χ0v) is 8.39. The SMILES string of the molecule is CCN1CCC(Br)CC1C. The molecule has 60 valence electrons. The standard InChI is InChI=1S/C8H16BrN/c1-3-10-5-4-8(9)6-7(10)2/h7-8H,3-6H2,1-2H3. The number of nitrogens with zero attached hydrogens (tertiary/aromatic N) is 1. The van der Waals surface area contributed by atoms with Crippen LogP contribution in [0.5, 0.6) is 0 Å². The molecular weight excluding hydrogens is 190 g/mol. The van der Waals surface area contributed by atoms with Gasteiger partial charge in [-0.05, 0) is 32.9 Å². The third-order valence-corrected chi connectivity index (χ3v) is 3.19. The van der Waals surface area contributed by atoms with Crippen molar-refractivity contribution in [3.63, 3.8) is 0 Å². The van der Waals surface area contributed by atoms with Crippen LogP contribution < -0.4 is 0 Å². The van der Waals surface area contributed by atoms with Gasteiger partial charge in [-0.1, -0.05) is 22.9 Å². The summed E-state index contributed by atoms with van der Waals surface area (Å²) in [5.74, 6) is 0. The molecule has 2 atom stereocenters. The third kappa shape index (κ3) is 1.96. The van der Waals surface area contributed by atoms with Gasteiger partial charge in [0.2, 0.25) is 0 Å². The number of halogens is 1. The fourth-order valence-corrected chi connectivity index (χ4v) is 2.38. The molecule has 1 heterocycles. The Morgan fingerprint density at radius 3 is 2.80 bits per heavy atom. The van der Waals surface area contributed by atoms with Crippen molar-refractivity contribution in [3.05, 3.63) is 0 Å². The van der Waals surface area contributed by atoms with E-state index in [0.717, 1.165) is 10.9 Å². The van der Waals surface area contributed by atoms with Gasteiger partial charge in [0.1, 0.15) is 0 Å². The molecule has 1 rings (SSSR count). The molecule has 1 saturated heterocycles. The molecule has 0 radical (unpaired) electrons. The van der Waals surface area contributed by atoms with E-state index in [1.54, 1.807) is 0 Å². The lowest BCUT2D eigenvalue weighted by molar-refractivity contribution is 0.175. The molecule has 10 heavy (non-hydrogen) atoms. The molecule has 0 amide bonds. The Kier molecular flexibility index (Phi) is 3.18. The fourth-order valence-electron chi connectivity index (χ4n) is 1.63. The van der Waals surface area contributed by atoms with E-state index in [1.807, 2.05) is 0 Å². The predicted octanol–water partition coefficient (Wildman–Crippen LogP) is 2.25. The number of rotatable bonds is 1. The van der Waals surface area contributed by atoms with E-state index in [0.29, 0.717) is 0 Å². The van der Waals surface area contributed by atoms with Crippen LogP contribution in [0, 0.1) is 0 Å². The van der Waals surface area contributed by atoms with Crippen molar-refractivity contribution in [1.82, 2.24) is 4.90 Å². The van der Waals surface area contributed by atoms with Gasteiger partial charge in [0, 0.05) is 10.9 Å². The third-order valence-electron chi connectivity index (χ3n) is 2.36. The first kappa shape index (κ1) is 8.54. The molecule has 0 N–H and O–H groups in total. The zero-order valence-electron chi connectivity index (χ0n) is 6.81. The molecule has 1 fully saturated rings. The van der Waals surface area contributed by atoms with Crippen molar-refractivity contribution >= 4 is 15.9 Å². The lowest BCUT2D eigenvalue weighted by Gasteiger charge is -2.34. The quantitative estimate of drug-likeness (QED) is 0.595. The van der Waals surface area contributed by atoms with Gasteiger partial charge < -0.3 is 4.90 Å². The Hall–Kier alpha value is 0.440. The highest BCUT2D eigenvalue weighted by Gasteiger charge is 2.21. The van der Waals surface area contributed by atoms with Gasteiger partial charge in [0.25, 0.3) is 0 Å². The minimum Gasteiger partial charge on any atom is -0.301 e. The van der Waals surface area contributed by atoms with Crippen molar-refractivity contribution in [1.29, 1.82) is 0 Å². The molecule has 0 aliphatic carbocycles. The molecule has 2 heteroatoms. The highest BCUT2D eigenvalue weighted by molar-refractivity contribution is 9.09. The van der Waals surface area contributed by atoms with E-state index in [2.05, 4.69) is 34.7 Å². The topological polar surface area (TPSA) is 3.24 Å². The van der Waals surface area contributed by atoms with Crippen LogP contribution in [0.1, 0.15) is 26.7 Å². The first-order valence-corrected chi connectivity index (χ1v) is 5.03. The van der Waals surface area contributed by atoms with Crippen LogP contribution in [0.4, 0.5) is 0 Å². The summed E-state index contributed by atoms with van der Waals surface area (Å²) in [7, 11) is 0. The van der Waals surface area contributed by atoms with Crippen molar-refractivity contribution in [3.8, 4) is 0 Å². The molecule has 0 aromatic rings. The van der Waals surface area contributed by atoms with Crippen LogP contribution in [0.15, 0.2) is 0 Å². The Bertz CT molecular complexity index is 105. The largest absolute Gasteiger partial charge is 0.301 e. The van der Waals surface area contributed by atoms with Crippen LogP contribution in [0.25, 0.3) is 0 Å². The average molecular weight is 206 g/mol. The second-order valence-electron chi connectivity index (χ2n) is 3.10. The summed E-state index contributed by atoms with van der Waals surface area (Å²) in [6, 6.07) is 0.781. The maximum atomic E-state index is 3.66. The lowest BCUT2D eigenvalue weighted by atomic mass is 10.0. The van der Waals surface area contributed by atoms with Crippen LogP contribution in [-0.2, 0) is 0 Å². The van der Waals surface area contributed by atoms with E-state index >= 15 is 0 Å². The highest BCUT2D eigenvalue weighted by Crippen LogP contribution is 2.22. The van der Waals surface area contributed by atoms with E-state index in [4.69, 9.17) is 0 Å². The maximum absolute atomic E-state index is 3.66. The van der Waals surface area contributed by atoms with Crippen molar-refractivity contribution < 1.29 is 0 Å². The second-order valence-corrected chi connectivity index (χ2v) is 4.39. The minimum absolute atomic E-state index is 0.769. The number of piperidine rings is 1. The van der Waals surface area contributed by atoms with E-state index in [1.165, 1.54) is 25.9 Å². The molecule has 0 aromatic heterocycles. The zero-order chi connectivity index (χ0) is 7.56. The monoisotopic (exact) mass is 205 g/mol. The highest BCUT2D eigenvalue weighted by atomic mass is 79.9.